The molecule has 0 fully saturated rings. The van der Waals surface area contributed by atoms with Gasteiger partial charge in [0.2, 0.25) is 0 Å². The van der Waals surface area contributed by atoms with Gasteiger partial charge < -0.3 is 14.2 Å². The predicted octanol–water partition coefficient (Wildman–Crippen LogP) is 12.4. The van der Waals surface area contributed by atoms with E-state index < -0.39 is 6.10 Å². The van der Waals surface area contributed by atoms with Crippen LogP contribution in [0.5, 0.6) is 0 Å². The lowest BCUT2D eigenvalue weighted by Crippen LogP contribution is -2.30. The van der Waals surface area contributed by atoms with E-state index in [0.717, 1.165) is 70.1 Å². The first kappa shape index (κ1) is 45.4. The third-order valence-electron chi connectivity index (χ3n) is 9.04. The van der Waals surface area contributed by atoms with Gasteiger partial charge in [0, 0.05) is 19.3 Å². The van der Waals surface area contributed by atoms with Crippen molar-refractivity contribution in [3.63, 3.8) is 0 Å². The average Bonchev–Trinajstić information content (AvgIpc) is 3.05. The molecule has 1 atom stereocenters. The number of unbranched alkanes of at least 4 members (excludes halogenated alkanes) is 23. The molecule has 0 saturated carbocycles. The third-order valence-corrected chi connectivity index (χ3v) is 9.04. The van der Waals surface area contributed by atoms with Gasteiger partial charge in [-0.1, -0.05) is 182 Å². The zero-order valence-electron chi connectivity index (χ0n) is 31.7. The Kier molecular flexibility index (Phi) is 34.5. The molecule has 0 bridgehead atoms. The molecular weight excluding hydrogens is 588 g/mol. The lowest BCUT2D eigenvalue weighted by molar-refractivity contribution is -0.167. The lowest BCUT2D eigenvalue weighted by Gasteiger charge is -2.18. The number of carbonyl (C=O) groups is 3. The van der Waals surface area contributed by atoms with Gasteiger partial charge in [-0.25, -0.2) is 0 Å². The molecule has 0 saturated heterocycles. The fourth-order valence-corrected chi connectivity index (χ4v) is 5.92. The molecule has 278 valence electrons. The van der Waals surface area contributed by atoms with Crippen molar-refractivity contribution in [1.29, 1.82) is 0 Å². The Balaban J connectivity index is 4.24. The summed E-state index contributed by atoms with van der Waals surface area (Å²) < 4.78 is 16.5. The second-order valence-corrected chi connectivity index (χ2v) is 14.4. The molecule has 0 unspecified atom stereocenters. The number of ether oxygens (including phenoxy) is 3. The van der Waals surface area contributed by atoms with E-state index in [1.54, 1.807) is 0 Å². The zero-order valence-corrected chi connectivity index (χ0v) is 31.7. The van der Waals surface area contributed by atoms with Crippen LogP contribution in [0, 0.1) is 5.92 Å². The van der Waals surface area contributed by atoms with Gasteiger partial charge in [-0.05, 0) is 25.2 Å². The number of carbonyl (C=O) groups excluding carboxylic acids is 3. The highest BCUT2D eigenvalue weighted by atomic mass is 16.6. The van der Waals surface area contributed by atoms with E-state index >= 15 is 0 Å². The Labute approximate surface area is 291 Å². The fraction of sp³-hybridized carbons (Fsp3) is 0.927. The Hall–Kier alpha value is -1.59. The largest absolute Gasteiger partial charge is 0.462 e. The molecule has 0 aromatic carbocycles. The molecule has 6 nitrogen and oxygen atoms in total. The number of rotatable bonds is 36. The highest BCUT2D eigenvalue weighted by Crippen LogP contribution is 2.15. The van der Waals surface area contributed by atoms with Gasteiger partial charge in [0.1, 0.15) is 13.2 Å². The van der Waals surface area contributed by atoms with Gasteiger partial charge in [-0.2, -0.15) is 0 Å². The van der Waals surface area contributed by atoms with E-state index in [4.69, 9.17) is 14.2 Å². The maximum absolute atomic E-state index is 12.6. The molecule has 0 heterocycles. The van der Waals surface area contributed by atoms with Gasteiger partial charge in [-0.3, -0.25) is 14.4 Å². The highest BCUT2D eigenvalue weighted by Gasteiger charge is 2.19. The summed E-state index contributed by atoms with van der Waals surface area (Å²) in [4.78, 5) is 37.3. The first-order valence-electron chi connectivity index (χ1n) is 20.4. The zero-order chi connectivity index (χ0) is 34.6. The molecule has 47 heavy (non-hydrogen) atoms. The van der Waals surface area contributed by atoms with Crippen LogP contribution in [0.25, 0.3) is 0 Å². The van der Waals surface area contributed by atoms with E-state index in [9.17, 15) is 14.4 Å². The van der Waals surface area contributed by atoms with Crippen molar-refractivity contribution in [3.8, 4) is 0 Å². The van der Waals surface area contributed by atoms with Crippen molar-refractivity contribution in [2.45, 2.75) is 226 Å². The minimum absolute atomic E-state index is 0.0665. The van der Waals surface area contributed by atoms with Crippen LogP contribution in [0.2, 0.25) is 0 Å². The van der Waals surface area contributed by atoms with Crippen molar-refractivity contribution in [1.82, 2.24) is 0 Å². The normalized spacial score (nSPS) is 11.9. The summed E-state index contributed by atoms with van der Waals surface area (Å²) in [7, 11) is 0. The summed E-state index contributed by atoms with van der Waals surface area (Å²) in [5, 5.41) is 0. The van der Waals surface area contributed by atoms with Gasteiger partial charge in [0.05, 0.1) is 0 Å². The van der Waals surface area contributed by atoms with E-state index in [1.807, 2.05) is 0 Å². The monoisotopic (exact) mass is 667 g/mol. The van der Waals surface area contributed by atoms with Crippen LogP contribution in [0.1, 0.15) is 220 Å². The molecule has 0 aliphatic carbocycles. The number of esters is 3. The van der Waals surface area contributed by atoms with Crippen molar-refractivity contribution < 1.29 is 28.6 Å². The second-order valence-electron chi connectivity index (χ2n) is 14.4. The average molecular weight is 667 g/mol. The van der Waals surface area contributed by atoms with Crippen LogP contribution in [-0.2, 0) is 28.6 Å². The first-order chi connectivity index (χ1) is 22.9. The fourth-order valence-electron chi connectivity index (χ4n) is 5.92. The smallest absolute Gasteiger partial charge is 0.306 e. The molecule has 0 aromatic rings. The third kappa shape index (κ3) is 35.5. The quantitative estimate of drug-likeness (QED) is 0.0376. The topological polar surface area (TPSA) is 78.9 Å². The van der Waals surface area contributed by atoms with E-state index in [0.29, 0.717) is 19.3 Å². The standard InChI is InChI=1S/C41H78O6/c1-5-7-9-11-12-13-14-15-16-17-18-21-26-30-34-41(44)47-38(35-45-39(42)32-28-23-10-8-6-2)36-46-40(43)33-29-25-22-19-20-24-27-31-37(3)4/h37-38H,5-36H2,1-4H3/t38-/m1/s1. The maximum atomic E-state index is 12.6. The van der Waals surface area contributed by atoms with Crippen LogP contribution in [0.4, 0.5) is 0 Å². The Morgan fingerprint density at radius 1 is 0.404 bits per heavy atom. The molecule has 0 aromatic heterocycles. The minimum atomic E-state index is -0.757. The van der Waals surface area contributed by atoms with E-state index in [1.165, 1.54) is 109 Å². The van der Waals surface area contributed by atoms with Gasteiger partial charge in [0.15, 0.2) is 6.10 Å². The van der Waals surface area contributed by atoms with Gasteiger partial charge >= 0.3 is 17.9 Å². The SMILES string of the molecule is CCCCCCCCCCCCCCCCC(=O)O[C@H](COC(=O)CCCCCCC)COC(=O)CCCCCCCCCC(C)C. The van der Waals surface area contributed by atoms with Crippen LogP contribution >= 0.6 is 0 Å². The second kappa shape index (κ2) is 35.7. The molecule has 0 amide bonds. The van der Waals surface area contributed by atoms with Crippen LogP contribution in [-0.4, -0.2) is 37.2 Å². The predicted molar refractivity (Wildman–Crippen MR) is 196 cm³/mol. The van der Waals surface area contributed by atoms with Crippen molar-refractivity contribution in [2.75, 3.05) is 13.2 Å². The maximum Gasteiger partial charge on any atom is 0.306 e. The summed E-state index contributed by atoms with van der Waals surface area (Å²) in [5.41, 5.74) is 0. The molecular formula is C41H78O6. The molecule has 0 aliphatic heterocycles. The molecule has 0 rings (SSSR count). The van der Waals surface area contributed by atoms with Crippen molar-refractivity contribution >= 4 is 17.9 Å². The molecule has 0 N–H and O–H groups in total. The number of hydrogen-bond donors (Lipinski definition) is 0. The summed E-state index contributed by atoms with van der Waals surface area (Å²) in [6.45, 7) is 8.84. The van der Waals surface area contributed by atoms with Crippen molar-refractivity contribution in [3.05, 3.63) is 0 Å². The van der Waals surface area contributed by atoms with Crippen LogP contribution in [0.3, 0.4) is 0 Å². The van der Waals surface area contributed by atoms with Gasteiger partial charge in [-0.15, -0.1) is 0 Å². The minimum Gasteiger partial charge on any atom is -0.462 e. The van der Waals surface area contributed by atoms with Crippen molar-refractivity contribution in [2.24, 2.45) is 5.92 Å². The van der Waals surface area contributed by atoms with E-state index in [-0.39, 0.29) is 31.1 Å². The Morgan fingerprint density at radius 3 is 1.04 bits per heavy atom. The first-order valence-corrected chi connectivity index (χ1v) is 20.4. The molecule has 0 spiro atoms. The van der Waals surface area contributed by atoms with Crippen LogP contribution in [0.15, 0.2) is 0 Å². The van der Waals surface area contributed by atoms with Gasteiger partial charge in [0.25, 0.3) is 0 Å². The summed E-state index contributed by atoms with van der Waals surface area (Å²) in [6.07, 6.45) is 32.6. The Bertz CT molecular complexity index is 706. The highest BCUT2D eigenvalue weighted by molar-refractivity contribution is 5.71. The molecule has 0 aliphatic rings. The summed E-state index contributed by atoms with van der Waals surface area (Å²) in [5.74, 6) is -0.0957. The molecule has 0 radical (unpaired) electrons. The number of hydrogen-bond acceptors (Lipinski definition) is 6. The lowest BCUT2D eigenvalue weighted by atomic mass is 10.0. The summed E-state index contributed by atoms with van der Waals surface area (Å²) in [6, 6.07) is 0. The Morgan fingerprint density at radius 2 is 0.702 bits per heavy atom. The van der Waals surface area contributed by atoms with Crippen LogP contribution < -0.4 is 0 Å². The van der Waals surface area contributed by atoms with E-state index in [2.05, 4.69) is 27.7 Å². The molecule has 6 heteroatoms. The summed E-state index contributed by atoms with van der Waals surface area (Å²) >= 11 is 0.